The summed E-state index contributed by atoms with van der Waals surface area (Å²) in [5, 5.41) is 2.02. The van der Waals surface area contributed by atoms with Gasteiger partial charge in [0.15, 0.2) is 0 Å². The predicted molar refractivity (Wildman–Crippen MR) is 232 cm³/mol. The number of fused-ring (bicyclic) bond motifs is 3. The van der Waals surface area contributed by atoms with E-state index in [1.54, 1.807) is 0 Å². The number of rotatable bonds is 7. The average Bonchev–Trinajstić information content (AvgIpc) is 3.50. The van der Waals surface area contributed by atoms with Crippen molar-refractivity contribution in [2.75, 3.05) is 0 Å². The van der Waals surface area contributed by atoms with E-state index in [-0.39, 0.29) is 20.1 Å². The van der Waals surface area contributed by atoms with Crippen LogP contribution < -0.4 is 4.40 Å². The van der Waals surface area contributed by atoms with E-state index < -0.39 is 34.6 Å². The Morgan fingerprint density at radius 1 is 0.712 bits per heavy atom. The van der Waals surface area contributed by atoms with E-state index >= 15 is 0 Å². The molecule has 4 aromatic carbocycles. The topological polar surface area (TPSA) is 25.8 Å². The van der Waals surface area contributed by atoms with Gasteiger partial charge in [-0.3, -0.25) is 0 Å². The Kier molecular flexibility index (Phi) is 12.1. The fourth-order valence-corrected chi connectivity index (χ4v) is 22.0. The fraction of sp³-hybridized carbons (Fsp3) is 0.244. The van der Waals surface area contributed by atoms with E-state index in [9.17, 15) is 1.37 Å². The van der Waals surface area contributed by atoms with Crippen molar-refractivity contribution >= 4 is 65.3 Å². The van der Waals surface area contributed by atoms with Crippen LogP contribution in [0, 0.1) is 19.1 Å². The van der Waals surface area contributed by atoms with Crippen molar-refractivity contribution in [3.05, 3.63) is 139 Å². The van der Waals surface area contributed by atoms with E-state index in [4.69, 9.17) is 4.98 Å². The summed E-state index contributed by atoms with van der Waals surface area (Å²) < 4.78 is 13.8. The molecule has 3 aromatic heterocycles. The molecule has 7 rings (SSSR count). The summed E-state index contributed by atoms with van der Waals surface area (Å²) in [4.78, 5) is 9.36. The molecule has 2 nitrogen and oxygen atoms in total. The van der Waals surface area contributed by atoms with Crippen LogP contribution >= 0.6 is 11.3 Å². The zero-order valence-electron chi connectivity index (χ0n) is 33.1. The molecule has 0 aliphatic rings. The van der Waals surface area contributed by atoms with Gasteiger partial charge in [-0.05, 0) is 45.0 Å². The van der Waals surface area contributed by atoms with Gasteiger partial charge < -0.3 is 4.98 Å². The molecule has 0 aliphatic carbocycles. The summed E-state index contributed by atoms with van der Waals surface area (Å²) in [5.74, 6) is 7.14. The first kappa shape index (κ1) is 38.7. The second-order valence-corrected chi connectivity index (χ2v) is 38.6. The molecule has 269 valence electrons. The van der Waals surface area contributed by atoms with Crippen LogP contribution in [0.1, 0.15) is 17.6 Å². The van der Waals surface area contributed by atoms with Gasteiger partial charge in [0.25, 0.3) is 0 Å². The smallest absolute Gasteiger partial charge is 0 e. The van der Waals surface area contributed by atoms with Crippen molar-refractivity contribution in [3.8, 4) is 33.6 Å². The van der Waals surface area contributed by atoms with Crippen LogP contribution in [0.25, 0.3) is 53.8 Å². The standard InChI is InChI=1S/C31H34NSSi2.C14H16GeN.Ir/c1-21-16-17-25-24-14-11-15-26(29(24)33-30(25)28(21)22-12-9-8-10-13-22)27-20-23(18-19-32-27)31(34(2,3)4)35(5,6)7;1-15(2,3)13-9-10-14(16-11-13)12-7-5-4-6-8-12;/h8-14,16-20,31H,1-7H3;4-7,9-11H,1-3H3;/q2*-1;/i31D;;. The molecule has 0 bridgehead atoms. The van der Waals surface area contributed by atoms with Gasteiger partial charge >= 0.3 is 99.8 Å². The average molecular weight is 973 g/mol. The maximum atomic E-state index is 9.81. The Bertz CT molecular complexity index is 2310. The van der Waals surface area contributed by atoms with Crippen LogP contribution in [0.2, 0.25) is 56.6 Å². The van der Waals surface area contributed by atoms with Crippen LogP contribution in [0.3, 0.4) is 0 Å². The largest absolute Gasteiger partial charge is 0 e. The summed E-state index contributed by atoms with van der Waals surface area (Å²) in [6, 6.07) is 42.7. The third-order valence-electron chi connectivity index (χ3n) is 9.29. The molecule has 0 aliphatic heterocycles. The zero-order chi connectivity index (χ0) is 37.5. The molecule has 0 amide bonds. The Morgan fingerprint density at radius 2 is 1.40 bits per heavy atom. The number of hydrogen-bond donors (Lipinski definition) is 0. The summed E-state index contributed by atoms with van der Waals surface area (Å²) >= 11 is 0.127. The normalized spacial score (nSPS) is 12.5. The molecule has 3 heterocycles. The Labute approximate surface area is 335 Å². The first-order valence-corrected chi connectivity index (χ1v) is 33.0. The van der Waals surface area contributed by atoms with Crippen molar-refractivity contribution in [2.24, 2.45) is 0 Å². The SMILES string of the molecule is [2H]C(c1ccnc(-c2[c-]ccc3c2sc2c(-c4ccccc4)c(C)ccc23)c1)([Si](C)(C)C)[Si](C)(C)C.[CH3][Ge]([CH3])([CH3])[c]1ccc(-c2[c-]cccc2)nc1.[Ir]. The number of hydrogen-bond acceptors (Lipinski definition) is 3. The summed E-state index contributed by atoms with van der Waals surface area (Å²) in [5.41, 5.74) is 9.02. The fourth-order valence-electron chi connectivity index (χ4n) is 7.32. The minimum Gasteiger partial charge on any atom is 0 e. The molecular weight excluding hydrogens is 922 g/mol. The number of nitrogens with zero attached hydrogens (tertiary/aromatic N) is 2. The predicted octanol–water partition coefficient (Wildman–Crippen LogP) is 12.8. The molecule has 1 radical (unpaired) electrons. The maximum absolute atomic E-state index is 9.81. The van der Waals surface area contributed by atoms with Gasteiger partial charge in [-0.2, -0.15) is 11.3 Å². The molecule has 7 heteroatoms. The summed E-state index contributed by atoms with van der Waals surface area (Å²) in [6.45, 7) is 16.2. The number of benzene rings is 4. The summed E-state index contributed by atoms with van der Waals surface area (Å²) in [7, 11) is -3.70. The van der Waals surface area contributed by atoms with E-state index in [0.29, 0.717) is 0 Å². The van der Waals surface area contributed by atoms with E-state index in [0.717, 1.165) is 28.1 Å². The third-order valence-corrected chi connectivity index (χ3v) is 22.9. The van der Waals surface area contributed by atoms with Crippen molar-refractivity contribution < 1.29 is 21.5 Å². The Balaban J connectivity index is 0.000000267. The molecule has 0 saturated heterocycles. The molecule has 0 saturated carbocycles. The van der Waals surface area contributed by atoms with Gasteiger partial charge in [-0.15, -0.1) is 23.8 Å². The van der Waals surface area contributed by atoms with Crippen LogP contribution in [-0.2, 0) is 20.1 Å². The van der Waals surface area contributed by atoms with Crippen LogP contribution in [0.5, 0.6) is 0 Å². The number of aryl methyl sites for hydroxylation is 1. The molecular formula is C45H50GeIrN2SSi2-2. The van der Waals surface area contributed by atoms with Crippen LogP contribution in [0.4, 0.5) is 0 Å². The van der Waals surface area contributed by atoms with Crippen molar-refractivity contribution in [2.45, 2.75) is 68.6 Å². The van der Waals surface area contributed by atoms with E-state index in [2.05, 4.69) is 153 Å². The number of thiophene rings is 1. The number of pyridine rings is 2. The third kappa shape index (κ3) is 8.86. The molecule has 0 unspecified atom stereocenters. The van der Waals surface area contributed by atoms with Gasteiger partial charge in [0.2, 0.25) is 0 Å². The van der Waals surface area contributed by atoms with Gasteiger partial charge in [-0.1, -0.05) is 98.8 Å². The van der Waals surface area contributed by atoms with E-state index in [1.807, 2.05) is 54.1 Å². The zero-order valence-corrected chi connectivity index (χ0v) is 39.4. The van der Waals surface area contributed by atoms with E-state index in [1.165, 1.54) is 41.3 Å². The van der Waals surface area contributed by atoms with Crippen LogP contribution in [-0.4, -0.2) is 39.4 Å². The molecule has 7 aromatic rings. The Morgan fingerprint density at radius 3 is 2.02 bits per heavy atom. The summed E-state index contributed by atoms with van der Waals surface area (Å²) in [6.07, 6.45) is 3.95. The van der Waals surface area contributed by atoms with Crippen molar-refractivity contribution in [1.82, 2.24) is 9.97 Å². The van der Waals surface area contributed by atoms with Crippen molar-refractivity contribution in [1.29, 1.82) is 0 Å². The van der Waals surface area contributed by atoms with Gasteiger partial charge in [0.05, 0.1) is 0 Å². The second-order valence-electron chi connectivity index (χ2n) is 16.5. The van der Waals surface area contributed by atoms with Gasteiger partial charge in [0.1, 0.15) is 0 Å². The first-order valence-electron chi connectivity index (χ1n) is 18.3. The maximum Gasteiger partial charge on any atom is 0 e. The van der Waals surface area contributed by atoms with Crippen LogP contribution in [0.15, 0.2) is 116 Å². The Hall–Kier alpha value is -2.97. The minimum atomic E-state index is -1.85. The van der Waals surface area contributed by atoms with Gasteiger partial charge in [0, 0.05) is 54.1 Å². The molecule has 52 heavy (non-hydrogen) atoms. The first-order chi connectivity index (χ1) is 24.5. The van der Waals surface area contributed by atoms with Gasteiger partial charge in [-0.25, -0.2) is 0 Å². The quantitative estimate of drug-likeness (QED) is 0.117. The second kappa shape index (κ2) is 16.2. The monoisotopic (exact) mass is 974 g/mol. The molecule has 0 spiro atoms. The minimum absolute atomic E-state index is 0. The van der Waals surface area contributed by atoms with Crippen molar-refractivity contribution in [3.63, 3.8) is 0 Å². The molecule has 0 N–H and O–H groups in total. The molecule has 0 fully saturated rings. The molecule has 0 atom stereocenters. The number of aromatic nitrogens is 2.